The van der Waals surface area contributed by atoms with Gasteiger partial charge in [-0.2, -0.15) is 0 Å². The summed E-state index contributed by atoms with van der Waals surface area (Å²) in [6, 6.07) is 16.0. The summed E-state index contributed by atoms with van der Waals surface area (Å²) in [5.74, 6) is -0.358. The van der Waals surface area contributed by atoms with Crippen molar-refractivity contribution in [3.8, 4) is 5.75 Å². The highest BCUT2D eigenvalue weighted by Gasteiger charge is 2.29. The molecule has 0 unspecified atom stereocenters. The minimum Gasteiger partial charge on any atom is -0.483 e. The molecule has 0 bridgehead atoms. The molecule has 0 saturated heterocycles. The molecule has 0 spiro atoms. The second kappa shape index (κ2) is 9.70. The summed E-state index contributed by atoms with van der Waals surface area (Å²) < 4.78 is 7.30. The number of hydrogen-bond acceptors (Lipinski definition) is 4. The van der Waals surface area contributed by atoms with Crippen LogP contribution in [-0.2, 0) is 9.59 Å². The number of amides is 3. The van der Waals surface area contributed by atoms with Gasteiger partial charge in [0.25, 0.3) is 11.8 Å². The monoisotopic (exact) mass is 559 g/mol. The van der Waals surface area contributed by atoms with Crippen molar-refractivity contribution >= 4 is 66.0 Å². The first-order valence-electron chi connectivity index (χ1n) is 9.91. The van der Waals surface area contributed by atoms with Crippen LogP contribution in [0.15, 0.2) is 63.5 Å². The third-order valence-electron chi connectivity index (χ3n) is 4.92. The highest BCUT2D eigenvalue weighted by atomic mass is 79.9. The standard InChI is InChI=1S/C23H19Br2N3O4/c24-16-6-9-18-15(11-16)5-10-19(21(18)25)32-12-20(29)27-28-23(31)14-3-7-17(8-4-14)26-22(30)13-1-2-13/h3-11,13H,1-2,12H2,(H,26,30)(H,27,29)(H,28,31). The van der Waals surface area contributed by atoms with E-state index in [1.165, 1.54) is 0 Å². The SMILES string of the molecule is O=C(COc1ccc2cc(Br)ccc2c1Br)NNC(=O)c1ccc(NC(=O)C2CC2)cc1. The lowest BCUT2D eigenvalue weighted by Gasteiger charge is -2.12. The van der Waals surface area contributed by atoms with Gasteiger partial charge in [-0.3, -0.25) is 25.2 Å². The number of hydrazine groups is 1. The van der Waals surface area contributed by atoms with Gasteiger partial charge in [0.05, 0.1) is 4.47 Å². The average Bonchev–Trinajstić information content (AvgIpc) is 3.63. The number of hydrogen-bond donors (Lipinski definition) is 3. The van der Waals surface area contributed by atoms with Crippen LogP contribution < -0.4 is 20.9 Å². The van der Waals surface area contributed by atoms with Crippen LogP contribution in [0.1, 0.15) is 23.2 Å². The van der Waals surface area contributed by atoms with Crippen molar-refractivity contribution in [2.24, 2.45) is 5.92 Å². The van der Waals surface area contributed by atoms with Gasteiger partial charge in [-0.25, -0.2) is 0 Å². The molecule has 9 heteroatoms. The summed E-state index contributed by atoms with van der Waals surface area (Å²) >= 11 is 6.95. The number of carbonyl (C=O) groups excluding carboxylic acids is 3. The van der Waals surface area contributed by atoms with Crippen molar-refractivity contribution < 1.29 is 19.1 Å². The van der Waals surface area contributed by atoms with Gasteiger partial charge < -0.3 is 10.1 Å². The van der Waals surface area contributed by atoms with Crippen LogP contribution in [0, 0.1) is 5.92 Å². The van der Waals surface area contributed by atoms with E-state index in [1.54, 1.807) is 30.3 Å². The van der Waals surface area contributed by atoms with Crippen LogP contribution in [-0.4, -0.2) is 24.3 Å². The fourth-order valence-electron chi connectivity index (χ4n) is 3.03. The molecule has 32 heavy (non-hydrogen) atoms. The molecule has 4 rings (SSSR count). The van der Waals surface area contributed by atoms with Crippen molar-refractivity contribution in [1.29, 1.82) is 0 Å². The summed E-state index contributed by atoms with van der Waals surface area (Å²) in [5.41, 5.74) is 5.66. The minimum absolute atomic E-state index is 0.000357. The maximum atomic E-state index is 12.2. The maximum absolute atomic E-state index is 12.2. The van der Waals surface area contributed by atoms with Crippen molar-refractivity contribution in [2.45, 2.75) is 12.8 Å². The summed E-state index contributed by atoms with van der Waals surface area (Å²) in [4.78, 5) is 36.1. The lowest BCUT2D eigenvalue weighted by molar-refractivity contribution is -0.123. The van der Waals surface area contributed by atoms with Crippen LogP contribution >= 0.6 is 31.9 Å². The van der Waals surface area contributed by atoms with Gasteiger partial charge in [0.2, 0.25) is 5.91 Å². The fraction of sp³-hybridized carbons (Fsp3) is 0.174. The maximum Gasteiger partial charge on any atom is 0.276 e. The Morgan fingerprint density at radius 3 is 2.41 bits per heavy atom. The van der Waals surface area contributed by atoms with Gasteiger partial charge in [-0.15, -0.1) is 0 Å². The predicted molar refractivity (Wildman–Crippen MR) is 128 cm³/mol. The van der Waals surface area contributed by atoms with E-state index in [0.717, 1.165) is 32.6 Å². The van der Waals surface area contributed by atoms with Crippen LogP contribution in [0.2, 0.25) is 0 Å². The minimum atomic E-state index is -0.505. The Morgan fingerprint density at radius 1 is 0.938 bits per heavy atom. The number of ether oxygens (including phenoxy) is 1. The average molecular weight is 561 g/mol. The number of anilines is 1. The van der Waals surface area contributed by atoms with Crippen molar-refractivity contribution in [3.63, 3.8) is 0 Å². The molecular formula is C23H19Br2N3O4. The first-order chi connectivity index (χ1) is 15.4. The molecule has 1 aliphatic rings. The zero-order chi connectivity index (χ0) is 22.7. The van der Waals surface area contributed by atoms with Crippen molar-refractivity contribution in [1.82, 2.24) is 10.9 Å². The smallest absolute Gasteiger partial charge is 0.276 e. The summed E-state index contributed by atoms with van der Waals surface area (Å²) in [7, 11) is 0. The molecule has 3 N–H and O–H groups in total. The molecule has 3 aromatic carbocycles. The van der Waals surface area contributed by atoms with E-state index < -0.39 is 11.8 Å². The molecule has 1 saturated carbocycles. The highest BCUT2D eigenvalue weighted by Crippen LogP contribution is 2.34. The third kappa shape index (κ3) is 5.46. The second-order valence-electron chi connectivity index (χ2n) is 7.37. The molecule has 3 aromatic rings. The van der Waals surface area contributed by atoms with E-state index in [-0.39, 0.29) is 18.4 Å². The van der Waals surface area contributed by atoms with E-state index in [9.17, 15) is 14.4 Å². The van der Waals surface area contributed by atoms with E-state index in [0.29, 0.717) is 17.0 Å². The normalized spacial score (nSPS) is 12.8. The van der Waals surface area contributed by atoms with Crippen LogP contribution in [0.5, 0.6) is 5.75 Å². The van der Waals surface area contributed by atoms with Gasteiger partial charge >= 0.3 is 0 Å². The summed E-state index contributed by atoms with van der Waals surface area (Å²) in [6.07, 6.45) is 1.84. The summed E-state index contributed by atoms with van der Waals surface area (Å²) in [6.45, 7) is -0.271. The van der Waals surface area contributed by atoms with Crippen molar-refractivity contribution in [3.05, 3.63) is 69.1 Å². The highest BCUT2D eigenvalue weighted by molar-refractivity contribution is 9.11. The Labute approximate surface area is 201 Å². The van der Waals surface area contributed by atoms with Crippen LogP contribution in [0.3, 0.4) is 0 Å². The summed E-state index contributed by atoms with van der Waals surface area (Å²) in [5, 5.41) is 4.78. The molecule has 7 nitrogen and oxygen atoms in total. The quantitative estimate of drug-likeness (QED) is 0.385. The molecule has 1 fully saturated rings. The lowest BCUT2D eigenvalue weighted by Crippen LogP contribution is -2.43. The fourth-order valence-corrected chi connectivity index (χ4v) is 4.01. The van der Waals surface area contributed by atoms with E-state index in [1.807, 2.05) is 24.3 Å². The number of carbonyl (C=O) groups is 3. The van der Waals surface area contributed by atoms with Crippen molar-refractivity contribution in [2.75, 3.05) is 11.9 Å². The molecule has 0 radical (unpaired) electrons. The third-order valence-corrected chi connectivity index (χ3v) is 6.23. The first kappa shape index (κ1) is 22.3. The molecule has 164 valence electrons. The number of nitrogens with one attached hydrogen (secondary N) is 3. The molecular weight excluding hydrogens is 542 g/mol. The number of benzene rings is 3. The number of fused-ring (bicyclic) bond motifs is 1. The van der Waals surface area contributed by atoms with E-state index >= 15 is 0 Å². The Hall–Kier alpha value is -2.91. The van der Waals surface area contributed by atoms with Gasteiger partial charge in [0.1, 0.15) is 5.75 Å². The largest absolute Gasteiger partial charge is 0.483 e. The topological polar surface area (TPSA) is 96.5 Å². The zero-order valence-corrected chi connectivity index (χ0v) is 20.0. The Bertz CT molecular complexity index is 1190. The van der Waals surface area contributed by atoms with E-state index in [2.05, 4.69) is 48.0 Å². The molecule has 0 aliphatic heterocycles. The Morgan fingerprint density at radius 2 is 1.69 bits per heavy atom. The molecule has 3 amide bonds. The molecule has 0 atom stereocenters. The first-order valence-corrected chi connectivity index (χ1v) is 11.5. The second-order valence-corrected chi connectivity index (χ2v) is 9.08. The van der Waals surface area contributed by atoms with Gasteiger partial charge in [0.15, 0.2) is 6.61 Å². The molecule has 1 aliphatic carbocycles. The van der Waals surface area contributed by atoms with Crippen LogP contribution in [0.4, 0.5) is 5.69 Å². The Kier molecular flexibility index (Phi) is 6.76. The van der Waals surface area contributed by atoms with Gasteiger partial charge in [-0.1, -0.05) is 28.1 Å². The zero-order valence-electron chi connectivity index (χ0n) is 16.8. The van der Waals surface area contributed by atoms with Crippen LogP contribution in [0.25, 0.3) is 10.8 Å². The van der Waals surface area contributed by atoms with Gasteiger partial charge in [-0.05, 0) is 82.0 Å². The number of rotatable bonds is 6. The number of halogens is 2. The molecule has 0 heterocycles. The predicted octanol–water partition coefficient (Wildman–Crippen LogP) is 4.55. The Balaban J connectivity index is 1.27. The lowest BCUT2D eigenvalue weighted by atomic mass is 10.1. The van der Waals surface area contributed by atoms with E-state index in [4.69, 9.17) is 4.74 Å². The molecule has 0 aromatic heterocycles. The van der Waals surface area contributed by atoms with Gasteiger partial charge in [0, 0.05) is 21.6 Å².